The Morgan fingerprint density at radius 2 is 1.40 bits per heavy atom. The van der Waals surface area contributed by atoms with E-state index >= 15 is 0 Å². The van der Waals surface area contributed by atoms with Gasteiger partial charge in [-0.1, -0.05) is 71.0 Å². The summed E-state index contributed by atoms with van der Waals surface area (Å²) in [6.45, 7) is 17.0. The second-order valence-corrected chi connectivity index (χ2v) is 14.6. The first-order chi connectivity index (χ1) is 18.7. The van der Waals surface area contributed by atoms with Crippen LogP contribution >= 0.6 is 0 Å². The number of benzene rings is 2. The molecule has 0 radical (unpaired) electrons. The van der Waals surface area contributed by atoms with Crippen LogP contribution in [0, 0.1) is 19.3 Å². The Morgan fingerprint density at radius 1 is 0.875 bits per heavy atom. The smallest absolute Gasteiger partial charge is 0.305 e. The molecule has 224 valence electrons. The van der Waals surface area contributed by atoms with Crippen molar-refractivity contribution in [1.82, 2.24) is 0 Å². The number of aryl methyl sites for hydroxylation is 4. The normalized spacial score (nSPS) is 13.3. The molecular formula is C34H52O5S. The lowest BCUT2D eigenvalue weighted by molar-refractivity contribution is -0.143. The zero-order chi connectivity index (χ0) is 30.1. The summed E-state index contributed by atoms with van der Waals surface area (Å²) in [6, 6.07) is 13.3. The van der Waals surface area contributed by atoms with E-state index in [0.29, 0.717) is 19.4 Å². The molecule has 1 N–H and O–H groups in total. The van der Waals surface area contributed by atoms with Gasteiger partial charge in [-0.15, -0.1) is 0 Å². The molecule has 5 nitrogen and oxygen atoms in total. The minimum absolute atomic E-state index is 0.00222. The summed E-state index contributed by atoms with van der Waals surface area (Å²) in [5.74, 6) is -0.265. The molecule has 2 aromatic carbocycles. The quantitative estimate of drug-likeness (QED) is 0.231. The van der Waals surface area contributed by atoms with E-state index in [1.807, 2.05) is 0 Å². The lowest BCUT2D eigenvalue weighted by Crippen LogP contribution is -2.27. The number of hydrogen-bond donors (Lipinski definition) is 1. The molecule has 0 aliphatic rings. The van der Waals surface area contributed by atoms with E-state index in [0.717, 1.165) is 36.8 Å². The number of carbonyl (C=O) groups excluding carboxylic acids is 1. The summed E-state index contributed by atoms with van der Waals surface area (Å²) >= 11 is 0. The molecule has 0 bridgehead atoms. The number of carbonyl (C=O) groups is 1. The zero-order valence-corrected chi connectivity index (χ0v) is 26.9. The van der Waals surface area contributed by atoms with Crippen molar-refractivity contribution in [2.24, 2.45) is 5.41 Å². The number of rotatable bonds is 15. The van der Waals surface area contributed by atoms with Crippen LogP contribution < -0.4 is 0 Å². The third-order valence-corrected chi connectivity index (χ3v) is 10.2. The summed E-state index contributed by atoms with van der Waals surface area (Å²) < 4.78 is 30.1. The largest absolute Gasteiger partial charge is 0.466 e. The van der Waals surface area contributed by atoms with Crippen molar-refractivity contribution < 1.29 is 23.1 Å². The number of esters is 1. The maximum atomic E-state index is 12.6. The minimum atomic E-state index is -3.25. The van der Waals surface area contributed by atoms with Gasteiger partial charge in [0.05, 0.1) is 24.2 Å². The Kier molecular flexibility index (Phi) is 12.4. The van der Waals surface area contributed by atoms with Gasteiger partial charge < -0.3 is 9.84 Å². The predicted molar refractivity (Wildman–Crippen MR) is 166 cm³/mol. The highest BCUT2D eigenvalue weighted by Gasteiger charge is 2.31. The monoisotopic (exact) mass is 572 g/mol. The highest BCUT2D eigenvalue weighted by molar-refractivity contribution is 7.91. The van der Waals surface area contributed by atoms with Gasteiger partial charge in [0.2, 0.25) is 0 Å². The lowest BCUT2D eigenvalue weighted by Gasteiger charge is -2.34. The third kappa shape index (κ3) is 9.17. The summed E-state index contributed by atoms with van der Waals surface area (Å²) in [4.78, 5) is 11.5. The fourth-order valence-electron chi connectivity index (χ4n) is 5.54. The van der Waals surface area contributed by atoms with Crippen LogP contribution in [0.25, 0.3) is 0 Å². The first-order valence-corrected chi connectivity index (χ1v) is 16.7. The van der Waals surface area contributed by atoms with Crippen LogP contribution in [0.15, 0.2) is 36.4 Å². The molecule has 6 heteroatoms. The molecule has 0 aliphatic heterocycles. The standard InChI is InChI=1S/C34H52O5S/c1-9-34(10-2,29-17-14-27(25(4)23-29)16-19-31(35)33(6,7)8)30-18-15-28(26(5)24-30)20-22-40(37,38)21-12-13-32(36)39-11-3/h14-15,17-18,23-24,31,35H,9-13,16,19-22H2,1-8H3. The van der Waals surface area contributed by atoms with E-state index in [2.05, 4.69) is 84.9 Å². The van der Waals surface area contributed by atoms with Gasteiger partial charge in [-0.2, -0.15) is 0 Å². The Bertz CT molecular complexity index is 1220. The molecule has 0 spiro atoms. The minimum Gasteiger partial charge on any atom is -0.466 e. The Hall–Kier alpha value is -2.18. The number of ether oxygens (including phenoxy) is 1. The number of aliphatic hydroxyl groups excluding tert-OH is 1. The van der Waals surface area contributed by atoms with E-state index in [4.69, 9.17) is 4.74 Å². The van der Waals surface area contributed by atoms with E-state index in [-0.39, 0.29) is 40.8 Å². The zero-order valence-electron chi connectivity index (χ0n) is 26.1. The summed E-state index contributed by atoms with van der Waals surface area (Å²) in [5.41, 5.74) is 6.99. The molecular weight excluding hydrogens is 520 g/mol. The lowest BCUT2D eigenvalue weighted by atomic mass is 9.69. The maximum absolute atomic E-state index is 12.6. The molecule has 0 heterocycles. The molecule has 40 heavy (non-hydrogen) atoms. The summed E-state index contributed by atoms with van der Waals surface area (Å²) in [6.07, 6.45) is 4.08. The van der Waals surface area contributed by atoms with Gasteiger partial charge >= 0.3 is 5.97 Å². The predicted octanol–water partition coefficient (Wildman–Crippen LogP) is 7.05. The van der Waals surface area contributed by atoms with Crippen molar-refractivity contribution in [2.75, 3.05) is 18.1 Å². The van der Waals surface area contributed by atoms with Gasteiger partial charge in [-0.25, -0.2) is 8.42 Å². The van der Waals surface area contributed by atoms with E-state index in [9.17, 15) is 18.3 Å². The van der Waals surface area contributed by atoms with E-state index in [1.165, 1.54) is 22.3 Å². The van der Waals surface area contributed by atoms with Crippen LogP contribution in [0.5, 0.6) is 0 Å². The summed E-state index contributed by atoms with van der Waals surface area (Å²) in [7, 11) is -3.25. The Labute approximate surface area is 243 Å². The molecule has 2 aromatic rings. The molecule has 0 saturated carbocycles. The Balaban J connectivity index is 2.18. The fraction of sp³-hybridized carbons (Fsp3) is 0.618. The number of sulfone groups is 1. The van der Waals surface area contributed by atoms with Gasteiger partial charge in [-0.05, 0) is 98.1 Å². The van der Waals surface area contributed by atoms with Gasteiger partial charge in [0.25, 0.3) is 0 Å². The van der Waals surface area contributed by atoms with Crippen LogP contribution in [0.1, 0.15) is 107 Å². The van der Waals surface area contributed by atoms with Gasteiger partial charge in [0.1, 0.15) is 0 Å². The van der Waals surface area contributed by atoms with Crippen molar-refractivity contribution in [3.05, 3.63) is 69.8 Å². The first-order valence-electron chi connectivity index (χ1n) is 14.9. The van der Waals surface area contributed by atoms with Gasteiger partial charge in [0.15, 0.2) is 9.84 Å². The van der Waals surface area contributed by atoms with Crippen LogP contribution in [0.2, 0.25) is 0 Å². The second-order valence-electron chi connectivity index (χ2n) is 12.3. The van der Waals surface area contributed by atoms with Gasteiger partial charge in [0, 0.05) is 11.8 Å². The SMILES string of the molecule is CCOC(=O)CCCS(=O)(=O)CCc1ccc(C(CC)(CC)c2ccc(CCC(O)C(C)(C)C)c(C)c2)cc1C. The van der Waals surface area contributed by atoms with E-state index in [1.54, 1.807) is 6.92 Å². The fourth-order valence-corrected chi connectivity index (χ4v) is 6.86. The highest BCUT2D eigenvalue weighted by atomic mass is 32.2. The maximum Gasteiger partial charge on any atom is 0.305 e. The van der Waals surface area contributed by atoms with Crippen molar-refractivity contribution in [3.8, 4) is 0 Å². The molecule has 0 fully saturated rings. The molecule has 0 amide bonds. The van der Waals surface area contributed by atoms with Crippen LogP contribution in [-0.2, 0) is 37.6 Å². The highest BCUT2D eigenvalue weighted by Crippen LogP contribution is 2.40. The molecule has 1 unspecified atom stereocenters. The third-order valence-electron chi connectivity index (χ3n) is 8.51. The number of aliphatic hydroxyl groups is 1. The van der Waals surface area contributed by atoms with Crippen molar-refractivity contribution in [3.63, 3.8) is 0 Å². The average Bonchev–Trinajstić information content (AvgIpc) is 2.88. The molecule has 0 aromatic heterocycles. The van der Waals surface area contributed by atoms with Crippen LogP contribution in [0.4, 0.5) is 0 Å². The van der Waals surface area contributed by atoms with Crippen molar-refractivity contribution in [1.29, 1.82) is 0 Å². The van der Waals surface area contributed by atoms with Crippen molar-refractivity contribution >= 4 is 15.8 Å². The van der Waals surface area contributed by atoms with Gasteiger partial charge in [-0.3, -0.25) is 4.79 Å². The molecule has 1 atom stereocenters. The van der Waals surface area contributed by atoms with Crippen LogP contribution in [-0.4, -0.2) is 43.7 Å². The average molecular weight is 573 g/mol. The Morgan fingerprint density at radius 3 is 1.85 bits per heavy atom. The molecule has 0 aliphatic carbocycles. The second kappa shape index (κ2) is 14.6. The topological polar surface area (TPSA) is 80.7 Å². The molecule has 2 rings (SSSR count). The van der Waals surface area contributed by atoms with Crippen LogP contribution in [0.3, 0.4) is 0 Å². The van der Waals surface area contributed by atoms with E-state index < -0.39 is 9.84 Å². The molecule has 0 saturated heterocycles. The van der Waals surface area contributed by atoms with Crippen molar-refractivity contribution in [2.45, 2.75) is 112 Å². The number of hydrogen-bond acceptors (Lipinski definition) is 5. The first kappa shape index (κ1) is 34.0. The summed E-state index contributed by atoms with van der Waals surface area (Å²) in [5, 5.41) is 10.5.